The zero-order valence-electron chi connectivity index (χ0n) is 15.9. The van der Waals surface area contributed by atoms with E-state index in [9.17, 15) is 9.59 Å². The summed E-state index contributed by atoms with van der Waals surface area (Å²) in [5.74, 6) is -0.0252. The molecule has 1 saturated heterocycles. The molecule has 2 aromatic carbocycles. The molecule has 4 rings (SSSR count). The van der Waals surface area contributed by atoms with Crippen molar-refractivity contribution in [1.82, 2.24) is 14.8 Å². The Morgan fingerprint density at radius 2 is 1.31 bits per heavy atom. The summed E-state index contributed by atoms with van der Waals surface area (Å²) in [5.41, 5.74) is 1.28. The Hall–Kier alpha value is -3.12. The van der Waals surface area contributed by atoms with Crippen LogP contribution in [0.4, 0.5) is 0 Å². The van der Waals surface area contributed by atoms with E-state index < -0.39 is 0 Å². The number of carbonyl (C=O) groups excluding carboxylic acids is 2. The number of amides is 2. The number of aromatic nitrogens is 1. The van der Waals surface area contributed by atoms with Crippen LogP contribution < -0.4 is 0 Å². The molecular weight excluding hydrogens is 382 g/mol. The van der Waals surface area contributed by atoms with Gasteiger partial charge in [-0.3, -0.25) is 9.59 Å². The molecule has 3 aromatic rings. The van der Waals surface area contributed by atoms with Crippen LogP contribution in [0.25, 0.3) is 0 Å². The van der Waals surface area contributed by atoms with Gasteiger partial charge in [0, 0.05) is 42.8 Å². The number of nitrogens with zero attached hydrogens (tertiary/aromatic N) is 3. The topological polar surface area (TPSA) is 53.5 Å². The lowest BCUT2D eigenvalue weighted by molar-refractivity contribution is 0.0533. The Bertz CT molecular complexity index is 987. The molecule has 0 saturated carbocycles. The van der Waals surface area contributed by atoms with E-state index in [2.05, 4.69) is 4.98 Å². The van der Waals surface area contributed by atoms with Crippen molar-refractivity contribution in [1.29, 1.82) is 0 Å². The van der Waals surface area contributed by atoms with Gasteiger partial charge in [0.05, 0.1) is 5.56 Å². The Kier molecular flexibility index (Phi) is 5.91. The Morgan fingerprint density at radius 3 is 1.97 bits per heavy atom. The molecule has 0 atom stereocenters. The summed E-state index contributed by atoms with van der Waals surface area (Å²) >= 11 is 1.49. The largest absolute Gasteiger partial charge is 0.335 e. The van der Waals surface area contributed by atoms with Gasteiger partial charge >= 0.3 is 0 Å². The van der Waals surface area contributed by atoms with Crippen LogP contribution in [0.3, 0.4) is 0 Å². The number of carbonyl (C=O) groups is 2. The van der Waals surface area contributed by atoms with E-state index in [-0.39, 0.29) is 11.8 Å². The van der Waals surface area contributed by atoms with Crippen molar-refractivity contribution in [2.24, 2.45) is 0 Å². The van der Waals surface area contributed by atoms with Gasteiger partial charge in [-0.15, -0.1) is 0 Å². The molecule has 0 N–H and O–H groups in total. The lowest BCUT2D eigenvalue weighted by atomic mass is 10.1. The first-order valence-corrected chi connectivity index (χ1v) is 10.4. The third-order valence-electron chi connectivity index (χ3n) is 4.83. The van der Waals surface area contributed by atoms with Gasteiger partial charge < -0.3 is 9.80 Å². The van der Waals surface area contributed by atoms with Crippen molar-refractivity contribution in [2.75, 3.05) is 26.2 Å². The van der Waals surface area contributed by atoms with Gasteiger partial charge in [0.2, 0.25) is 0 Å². The number of rotatable bonds is 4. The van der Waals surface area contributed by atoms with Crippen LogP contribution in [0.2, 0.25) is 0 Å². The second kappa shape index (κ2) is 8.92. The van der Waals surface area contributed by atoms with Gasteiger partial charge in [0.15, 0.2) is 0 Å². The lowest BCUT2D eigenvalue weighted by Gasteiger charge is -2.35. The number of hydrogen-bond donors (Lipinski definition) is 0. The van der Waals surface area contributed by atoms with Crippen molar-refractivity contribution in [2.45, 2.75) is 9.92 Å². The summed E-state index contributed by atoms with van der Waals surface area (Å²) in [5, 5.41) is 0.700. The van der Waals surface area contributed by atoms with Crippen molar-refractivity contribution in [3.63, 3.8) is 0 Å². The summed E-state index contributed by atoms with van der Waals surface area (Å²) < 4.78 is 0. The first-order valence-electron chi connectivity index (χ1n) is 9.54. The summed E-state index contributed by atoms with van der Waals surface area (Å²) in [6, 6.07) is 22.8. The highest BCUT2D eigenvalue weighted by atomic mass is 32.2. The number of benzene rings is 2. The third kappa shape index (κ3) is 4.49. The Morgan fingerprint density at radius 1 is 0.724 bits per heavy atom. The highest BCUT2D eigenvalue weighted by Gasteiger charge is 2.27. The molecule has 146 valence electrons. The smallest absolute Gasteiger partial charge is 0.256 e. The van der Waals surface area contributed by atoms with E-state index in [1.807, 2.05) is 71.6 Å². The van der Waals surface area contributed by atoms with Crippen LogP contribution in [0, 0.1) is 0 Å². The van der Waals surface area contributed by atoms with Crippen molar-refractivity contribution in [3.8, 4) is 0 Å². The molecule has 29 heavy (non-hydrogen) atoms. The predicted molar refractivity (Wildman–Crippen MR) is 113 cm³/mol. The Balaban J connectivity index is 1.43. The normalized spacial score (nSPS) is 13.9. The molecular formula is C23H21N3O2S. The van der Waals surface area contributed by atoms with Gasteiger partial charge in [-0.2, -0.15) is 0 Å². The maximum atomic E-state index is 13.1. The van der Waals surface area contributed by atoms with E-state index in [1.54, 1.807) is 17.2 Å². The van der Waals surface area contributed by atoms with E-state index in [4.69, 9.17) is 0 Å². The molecule has 1 aliphatic heterocycles. The second-order valence-corrected chi connectivity index (χ2v) is 7.78. The number of pyridine rings is 1. The van der Waals surface area contributed by atoms with Crippen molar-refractivity contribution in [3.05, 3.63) is 90.1 Å². The van der Waals surface area contributed by atoms with E-state index in [0.717, 1.165) is 4.90 Å². The maximum absolute atomic E-state index is 13.1. The SMILES string of the molecule is O=C(c1ccccc1)N1CCN(C(=O)c2cccnc2Sc2ccccc2)CC1. The maximum Gasteiger partial charge on any atom is 0.256 e. The summed E-state index contributed by atoms with van der Waals surface area (Å²) in [6.07, 6.45) is 1.71. The molecule has 0 bridgehead atoms. The molecule has 2 amide bonds. The number of hydrogen-bond acceptors (Lipinski definition) is 4. The van der Waals surface area contributed by atoms with E-state index >= 15 is 0 Å². The third-order valence-corrected chi connectivity index (χ3v) is 5.86. The van der Waals surface area contributed by atoms with Crippen LogP contribution in [-0.2, 0) is 0 Å². The molecule has 1 fully saturated rings. The molecule has 5 nitrogen and oxygen atoms in total. The quantitative estimate of drug-likeness (QED) is 0.664. The van der Waals surface area contributed by atoms with Gasteiger partial charge in [-0.05, 0) is 36.4 Å². The zero-order chi connectivity index (χ0) is 20.1. The van der Waals surface area contributed by atoms with E-state index in [1.165, 1.54) is 11.8 Å². The van der Waals surface area contributed by atoms with E-state index in [0.29, 0.717) is 42.3 Å². The first kappa shape index (κ1) is 19.2. The molecule has 0 aliphatic carbocycles. The van der Waals surface area contributed by atoms with Crippen LogP contribution >= 0.6 is 11.8 Å². The van der Waals surface area contributed by atoms with Crippen LogP contribution in [0.5, 0.6) is 0 Å². The first-order chi connectivity index (χ1) is 14.2. The summed E-state index contributed by atoms with van der Waals surface area (Å²) in [4.78, 5) is 34.8. The average molecular weight is 404 g/mol. The monoisotopic (exact) mass is 403 g/mol. The minimum Gasteiger partial charge on any atom is -0.335 e. The Labute approximate surface area is 174 Å². The van der Waals surface area contributed by atoms with Gasteiger partial charge in [0.25, 0.3) is 11.8 Å². The fraction of sp³-hybridized carbons (Fsp3) is 0.174. The highest BCUT2D eigenvalue weighted by molar-refractivity contribution is 7.99. The van der Waals surface area contributed by atoms with Gasteiger partial charge in [0.1, 0.15) is 5.03 Å². The van der Waals surface area contributed by atoms with Crippen LogP contribution in [0.1, 0.15) is 20.7 Å². The number of piperazine rings is 1. The lowest BCUT2D eigenvalue weighted by Crippen LogP contribution is -2.50. The minimum absolute atomic E-state index is 0.0133. The van der Waals surface area contributed by atoms with Gasteiger partial charge in [-0.25, -0.2) is 4.98 Å². The molecule has 1 aliphatic rings. The fourth-order valence-electron chi connectivity index (χ4n) is 3.28. The van der Waals surface area contributed by atoms with Crippen molar-refractivity contribution >= 4 is 23.6 Å². The van der Waals surface area contributed by atoms with Gasteiger partial charge in [-0.1, -0.05) is 48.2 Å². The fourth-order valence-corrected chi connectivity index (χ4v) is 4.18. The van der Waals surface area contributed by atoms with Crippen molar-refractivity contribution < 1.29 is 9.59 Å². The molecule has 0 radical (unpaired) electrons. The molecule has 2 heterocycles. The molecule has 0 spiro atoms. The van der Waals surface area contributed by atoms with Crippen LogP contribution in [0.15, 0.2) is 88.9 Å². The predicted octanol–water partition coefficient (Wildman–Crippen LogP) is 3.83. The zero-order valence-corrected chi connectivity index (χ0v) is 16.7. The average Bonchev–Trinajstić information content (AvgIpc) is 2.80. The highest BCUT2D eigenvalue weighted by Crippen LogP contribution is 2.29. The minimum atomic E-state index is -0.0386. The molecule has 6 heteroatoms. The standard InChI is InChI=1S/C23H21N3O2S/c27-22(18-8-3-1-4-9-18)25-14-16-26(17-15-25)23(28)20-12-7-13-24-21(20)29-19-10-5-2-6-11-19/h1-13H,14-17H2. The summed E-state index contributed by atoms with van der Waals surface area (Å²) in [7, 11) is 0. The van der Waals surface area contributed by atoms with Crippen LogP contribution in [-0.4, -0.2) is 52.8 Å². The summed E-state index contributed by atoms with van der Waals surface area (Å²) in [6.45, 7) is 2.09. The molecule has 0 unspecified atom stereocenters. The second-order valence-electron chi connectivity index (χ2n) is 6.72. The molecule has 1 aromatic heterocycles.